The number of carbonyl (C=O) groups excluding carboxylic acids is 4. The van der Waals surface area contributed by atoms with Crippen molar-refractivity contribution in [1.29, 1.82) is 0 Å². The van der Waals surface area contributed by atoms with E-state index in [1.54, 1.807) is 0 Å². The molecule has 1 aliphatic rings. The van der Waals surface area contributed by atoms with Crippen LogP contribution in [0.15, 0.2) is 24.3 Å². The number of nitro benzene ring substituents is 1. The van der Waals surface area contributed by atoms with E-state index >= 15 is 0 Å². The van der Waals surface area contributed by atoms with Crippen LogP contribution in [0.3, 0.4) is 0 Å². The highest BCUT2D eigenvalue weighted by molar-refractivity contribution is 5.92. The Balaban J connectivity index is 2.11. The topological polar surface area (TPSA) is 214 Å². The van der Waals surface area contributed by atoms with Crippen molar-refractivity contribution in [3.63, 3.8) is 0 Å². The zero-order valence-electron chi connectivity index (χ0n) is 20.7. The van der Waals surface area contributed by atoms with Gasteiger partial charge >= 0.3 is 0 Å². The van der Waals surface area contributed by atoms with Gasteiger partial charge in [0, 0.05) is 70.2 Å². The van der Waals surface area contributed by atoms with Gasteiger partial charge in [0.25, 0.3) is 5.69 Å². The van der Waals surface area contributed by atoms with Gasteiger partial charge < -0.3 is 22.5 Å². The summed E-state index contributed by atoms with van der Waals surface area (Å²) in [4.78, 5) is 65.2. The standard InChI is InChI=1S/C22H35N9O6/c23-19(32)13-27-5-7-28(14-20(24)33)9-11-30(12-10-29(8-6-27)15-21(25)34)16-22(35)26-17-1-3-18(4-2-17)31(36)37/h1-4H,5-16H2,(H2,23,32)(H2,24,33)(H2,25,34)(H,26,35). The number of nitrogens with one attached hydrogen (secondary N) is 1. The fourth-order valence-electron chi connectivity index (χ4n) is 3.94. The van der Waals surface area contributed by atoms with Crippen LogP contribution in [-0.2, 0) is 19.2 Å². The van der Waals surface area contributed by atoms with Gasteiger partial charge in [0.2, 0.25) is 23.6 Å². The van der Waals surface area contributed by atoms with Crippen LogP contribution in [0.25, 0.3) is 0 Å². The van der Waals surface area contributed by atoms with E-state index in [9.17, 15) is 29.3 Å². The van der Waals surface area contributed by atoms with Crippen LogP contribution in [0.5, 0.6) is 0 Å². The number of primary amides is 3. The second-order valence-electron chi connectivity index (χ2n) is 8.86. The summed E-state index contributed by atoms with van der Waals surface area (Å²) in [5, 5.41) is 13.6. The minimum atomic E-state index is -0.523. The van der Waals surface area contributed by atoms with Gasteiger partial charge in [0.1, 0.15) is 0 Å². The Morgan fingerprint density at radius 1 is 0.676 bits per heavy atom. The number of nitro groups is 1. The van der Waals surface area contributed by atoms with Gasteiger partial charge in [-0.2, -0.15) is 0 Å². The number of hydrogen-bond acceptors (Lipinski definition) is 10. The zero-order chi connectivity index (χ0) is 27.4. The predicted molar refractivity (Wildman–Crippen MR) is 135 cm³/mol. The Hall–Kier alpha value is -3.66. The molecule has 1 aromatic rings. The van der Waals surface area contributed by atoms with Crippen LogP contribution in [0.1, 0.15) is 0 Å². The third-order valence-electron chi connectivity index (χ3n) is 5.80. The molecule has 4 amide bonds. The Kier molecular flexibility index (Phi) is 11.8. The van der Waals surface area contributed by atoms with E-state index in [-0.39, 0.29) is 37.8 Å². The molecule has 0 spiro atoms. The van der Waals surface area contributed by atoms with Crippen molar-refractivity contribution in [2.75, 3.05) is 83.9 Å². The van der Waals surface area contributed by atoms with Crippen LogP contribution >= 0.6 is 0 Å². The molecule has 2 rings (SSSR count). The number of nitrogens with zero attached hydrogens (tertiary/aromatic N) is 5. The number of anilines is 1. The summed E-state index contributed by atoms with van der Waals surface area (Å²) in [6.45, 7) is 3.53. The molecular weight excluding hydrogens is 486 g/mol. The van der Waals surface area contributed by atoms with Gasteiger partial charge in [-0.1, -0.05) is 0 Å². The summed E-state index contributed by atoms with van der Waals surface area (Å²) >= 11 is 0. The second-order valence-corrected chi connectivity index (χ2v) is 8.86. The molecule has 7 N–H and O–H groups in total. The van der Waals surface area contributed by atoms with Gasteiger partial charge in [-0.05, 0) is 12.1 Å². The van der Waals surface area contributed by atoms with Crippen molar-refractivity contribution in [2.24, 2.45) is 17.2 Å². The number of nitrogens with two attached hydrogens (primary N) is 3. The maximum Gasteiger partial charge on any atom is 0.269 e. The van der Waals surface area contributed by atoms with Crippen molar-refractivity contribution in [1.82, 2.24) is 19.6 Å². The van der Waals surface area contributed by atoms with Crippen molar-refractivity contribution in [3.05, 3.63) is 34.4 Å². The predicted octanol–water partition coefficient (Wildman–Crippen LogP) is -2.79. The van der Waals surface area contributed by atoms with E-state index < -0.39 is 22.6 Å². The second kappa shape index (κ2) is 14.8. The zero-order valence-corrected chi connectivity index (χ0v) is 20.7. The molecule has 1 heterocycles. The third kappa shape index (κ3) is 11.7. The summed E-state index contributed by atoms with van der Waals surface area (Å²) in [5.41, 5.74) is 16.5. The number of rotatable bonds is 10. The first-order valence-corrected chi connectivity index (χ1v) is 11.8. The third-order valence-corrected chi connectivity index (χ3v) is 5.80. The normalized spacial score (nSPS) is 17.3. The molecule has 15 heteroatoms. The molecule has 1 aliphatic heterocycles. The number of amides is 4. The molecule has 1 fully saturated rings. The lowest BCUT2D eigenvalue weighted by Gasteiger charge is -2.33. The number of benzene rings is 1. The summed E-state index contributed by atoms with van der Waals surface area (Å²) in [7, 11) is 0. The minimum Gasteiger partial charge on any atom is -0.369 e. The van der Waals surface area contributed by atoms with Crippen molar-refractivity contribution in [2.45, 2.75) is 0 Å². The number of non-ortho nitro benzene ring substituents is 1. The summed E-state index contributed by atoms with van der Waals surface area (Å²) in [6, 6.07) is 5.51. The first-order valence-electron chi connectivity index (χ1n) is 11.8. The minimum absolute atomic E-state index is 0.0135. The van der Waals surface area contributed by atoms with Gasteiger partial charge in [0.15, 0.2) is 0 Å². The quantitative estimate of drug-likeness (QED) is 0.183. The maximum absolute atomic E-state index is 12.7. The van der Waals surface area contributed by atoms with E-state index in [0.717, 1.165) is 0 Å². The van der Waals surface area contributed by atoms with Crippen molar-refractivity contribution < 1.29 is 24.1 Å². The van der Waals surface area contributed by atoms with E-state index in [2.05, 4.69) is 5.32 Å². The molecule has 204 valence electrons. The monoisotopic (exact) mass is 521 g/mol. The van der Waals surface area contributed by atoms with Crippen molar-refractivity contribution in [3.8, 4) is 0 Å². The molecule has 37 heavy (non-hydrogen) atoms. The lowest BCUT2D eigenvalue weighted by Crippen LogP contribution is -2.50. The fraction of sp³-hybridized carbons (Fsp3) is 0.545. The molecule has 1 saturated heterocycles. The summed E-state index contributed by atoms with van der Waals surface area (Å²) in [6.07, 6.45) is 0. The molecule has 0 unspecified atom stereocenters. The molecule has 0 saturated carbocycles. The van der Waals surface area contributed by atoms with Gasteiger partial charge in [-0.25, -0.2) is 0 Å². The van der Waals surface area contributed by atoms with E-state index in [0.29, 0.717) is 58.0 Å². The van der Waals surface area contributed by atoms with E-state index in [1.165, 1.54) is 24.3 Å². The lowest BCUT2D eigenvalue weighted by atomic mass is 10.2. The Morgan fingerprint density at radius 2 is 1.00 bits per heavy atom. The van der Waals surface area contributed by atoms with Crippen molar-refractivity contribution >= 4 is 35.0 Å². The van der Waals surface area contributed by atoms with E-state index in [1.807, 2.05) is 19.6 Å². The summed E-state index contributed by atoms with van der Waals surface area (Å²) < 4.78 is 0. The number of carbonyl (C=O) groups is 4. The van der Waals surface area contributed by atoms with Crippen LogP contribution in [0, 0.1) is 10.1 Å². The lowest BCUT2D eigenvalue weighted by molar-refractivity contribution is -0.384. The molecule has 0 atom stereocenters. The largest absolute Gasteiger partial charge is 0.369 e. The van der Waals surface area contributed by atoms with Crippen LogP contribution in [0.4, 0.5) is 11.4 Å². The molecule has 0 radical (unpaired) electrons. The van der Waals surface area contributed by atoms with Crippen LogP contribution in [0.2, 0.25) is 0 Å². The maximum atomic E-state index is 12.7. The fourth-order valence-corrected chi connectivity index (χ4v) is 3.94. The average Bonchev–Trinajstić information content (AvgIpc) is 2.80. The molecule has 1 aromatic carbocycles. The van der Waals surface area contributed by atoms with Gasteiger partial charge in [0.05, 0.1) is 31.1 Å². The highest BCUT2D eigenvalue weighted by Crippen LogP contribution is 2.15. The van der Waals surface area contributed by atoms with Crippen LogP contribution in [-0.4, -0.2) is 127 Å². The van der Waals surface area contributed by atoms with Crippen LogP contribution < -0.4 is 22.5 Å². The SMILES string of the molecule is NC(=O)CN1CCN(CC(N)=O)CCN(CC(=O)Nc2ccc([N+](=O)[O-])cc2)CCN(CC(N)=O)CC1. The molecular formula is C22H35N9O6. The summed E-state index contributed by atoms with van der Waals surface area (Å²) in [5.74, 6) is -1.80. The first-order chi connectivity index (χ1) is 17.5. The van der Waals surface area contributed by atoms with Gasteiger partial charge in [-0.15, -0.1) is 0 Å². The first kappa shape index (κ1) is 29.6. The Bertz CT molecular complexity index is 926. The average molecular weight is 522 g/mol. The molecule has 0 aliphatic carbocycles. The Morgan fingerprint density at radius 3 is 1.30 bits per heavy atom. The Labute approximate surface area is 214 Å². The van der Waals surface area contributed by atoms with E-state index in [4.69, 9.17) is 17.2 Å². The molecule has 15 nitrogen and oxygen atoms in total. The molecule has 0 aromatic heterocycles. The highest BCUT2D eigenvalue weighted by Gasteiger charge is 2.20. The van der Waals surface area contributed by atoms with Gasteiger partial charge in [-0.3, -0.25) is 48.9 Å². The molecule has 0 bridgehead atoms. The highest BCUT2D eigenvalue weighted by atomic mass is 16.6. The smallest absolute Gasteiger partial charge is 0.269 e. The number of hydrogen-bond donors (Lipinski definition) is 4.